The number of nitrogens with zero attached hydrogens (tertiary/aromatic N) is 2. The smallest absolute Gasteiger partial charge is 0.254 e. The fourth-order valence-electron chi connectivity index (χ4n) is 11.4. The van der Waals surface area contributed by atoms with Gasteiger partial charge in [0, 0.05) is 33.0 Å². The molecule has 0 amide bonds. The van der Waals surface area contributed by atoms with Gasteiger partial charge in [0.15, 0.2) is 0 Å². The molecule has 0 saturated heterocycles. The van der Waals surface area contributed by atoms with E-state index in [4.69, 9.17) is 0 Å². The van der Waals surface area contributed by atoms with E-state index >= 15 is 0 Å². The predicted octanol–water partition coefficient (Wildman–Crippen LogP) is 16.5. The van der Waals surface area contributed by atoms with E-state index in [0.717, 1.165) is 0 Å². The number of benzene rings is 6. The summed E-state index contributed by atoms with van der Waals surface area (Å²) in [6, 6.07) is 44.0. The first-order chi connectivity index (χ1) is 31.1. The number of fused-ring (bicyclic) bond motifs is 7. The van der Waals surface area contributed by atoms with Gasteiger partial charge in [-0.2, -0.15) is 0 Å². The molecule has 1 aliphatic carbocycles. The molecule has 0 bridgehead atoms. The zero-order valence-corrected chi connectivity index (χ0v) is 44.5. The SMILES string of the molecule is Cc1cc2c3c(c1)N(c1ccc(C(C)(C)C)cc1)c1sc4ccc(C(C)(C)C)cc4c1B3c1cc3c(cc1N2c1ccc(C(C)(C)C)cc1-c1ccc(C(C)(C)C)cc1)C(C)(C)CCC3(C)C. The Hall–Kier alpha value is -5.06. The van der Waals surface area contributed by atoms with Gasteiger partial charge in [-0.05, 0) is 167 Å². The number of hydrogen-bond acceptors (Lipinski definition) is 3. The van der Waals surface area contributed by atoms with Gasteiger partial charge in [0.1, 0.15) is 0 Å². The summed E-state index contributed by atoms with van der Waals surface area (Å²) >= 11 is 1.97. The Morgan fingerprint density at radius 3 is 1.54 bits per heavy atom. The van der Waals surface area contributed by atoms with Crippen LogP contribution in [-0.4, -0.2) is 6.71 Å². The molecule has 0 saturated carbocycles. The van der Waals surface area contributed by atoms with Gasteiger partial charge in [-0.15, -0.1) is 11.3 Å². The fraction of sp³-hybridized carbons (Fsp3) is 0.397. The van der Waals surface area contributed by atoms with Crippen molar-refractivity contribution in [1.29, 1.82) is 0 Å². The standard InChI is InChI=1S/C63H73BN2S/c1-38-32-52-56-53(33-38)66(50-28-24-42(60(8,9)10)34-45(50)39-18-20-40(21-19-39)58(2,3)4)51-37-48-47(62(14,15)30-31-63(48,16)17)36-49(51)64(56)55-46-35-43(61(11,12)13)25-29-54(46)67-57(55)65(52)44-26-22-41(23-27-44)59(5,6)7/h18-29,32-37H,30-31H2,1-17H3. The predicted molar refractivity (Wildman–Crippen MR) is 296 cm³/mol. The quantitative estimate of drug-likeness (QED) is 0.163. The van der Waals surface area contributed by atoms with Crippen LogP contribution in [0.3, 0.4) is 0 Å². The molecule has 2 nitrogen and oxygen atoms in total. The zero-order chi connectivity index (χ0) is 48.1. The highest BCUT2D eigenvalue weighted by Crippen LogP contribution is 2.53. The Morgan fingerprint density at radius 1 is 0.478 bits per heavy atom. The van der Waals surface area contributed by atoms with Gasteiger partial charge in [-0.3, -0.25) is 0 Å². The average molecular weight is 901 g/mol. The van der Waals surface area contributed by atoms with Crippen LogP contribution < -0.4 is 26.2 Å². The maximum absolute atomic E-state index is 2.70. The van der Waals surface area contributed by atoms with Crippen LogP contribution in [0, 0.1) is 6.92 Å². The Labute approximate surface area is 407 Å². The molecule has 3 heterocycles. The summed E-state index contributed by atoms with van der Waals surface area (Å²) in [5.41, 5.74) is 23.0. The van der Waals surface area contributed by atoms with Gasteiger partial charge >= 0.3 is 0 Å². The fourth-order valence-corrected chi connectivity index (χ4v) is 12.6. The van der Waals surface area contributed by atoms with Crippen LogP contribution >= 0.6 is 11.3 Å². The van der Waals surface area contributed by atoms with Crippen LogP contribution in [-0.2, 0) is 32.5 Å². The molecular weight excluding hydrogens is 828 g/mol. The maximum atomic E-state index is 2.70. The van der Waals surface area contributed by atoms with Gasteiger partial charge in [-0.25, -0.2) is 0 Å². The van der Waals surface area contributed by atoms with Crippen LogP contribution in [0.1, 0.15) is 163 Å². The molecule has 1 aromatic heterocycles. The number of thiophene rings is 1. The molecule has 67 heavy (non-hydrogen) atoms. The lowest BCUT2D eigenvalue weighted by Crippen LogP contribution is -2.61. The van der Waals surface area contributed by atoms with Gasteiger partial charge in [0.2, 0.25) is 0 Å². The summed E-state index contributed by atoms with van der Waals surface area (Å²) in [5, 5.41) is 2.72. The lowest BCUT2D eigenvalue weighted by molar-refractivity contribution is 0.332. The number of aryl methyl sites for hydroxylation is 1. The van der Waals surface area contributed by atoms with Crippen molar-refractivity contribution in [3.05, 3.63) is 148 Å². The summed E-state index contributed by atoms with van der Waals surface area (Å²) in [4.78, 5) is 5.34. The topological polar surface area (TPSA) is 6.48 Å². The zero-order valence-electron chi connectivity index (χ0n) is 43.7. The third-order valence-corrected chi connectivity index (χ3v) is 17.0. The highest BCUT2D eigenvalue weighted by molar-refractivity contribution is 7.26. The number of hydrogen-bond donors (Lipinski definition) is 0. The second-order valence-electron chi connectivity index (χ2n) is 25.9. The molecule has 6 aromatic carbocycles. The minimum absolute atomic E-state index is 0.0109. The highest BCUT2D eigenvalue weighted by atomic mass is 32.1. The van der Waals surface area contributed by atoms with Crippen LogP contribution in [0.2, 0.25) is 0 Å². The lowest BCUT2D eigenvalue weighted by atomic mass is 9.33. The molecule has 3 aliphatic rings. The summed E-state index contributed by atoms with van der Waals surface area (Å²) in [7, 11) is 0. The van der Waals surface area contributed by atoms with Gasteiger partial charge in [0.05, 0.1) is 10.7 Å². The first kappa shape index (κ1) is 45.7. The van der Waals surface area contributed by atoms with E-state index in [1.165, 1.54) is 123 Å². The third-order valence-electron chi connectivity index (χ3n) is 15.8. The van der Waals surface area contributed by atoms with E-state index in [1.807, 2.05) is 11.3 Å². The summed E-state index contributed by atoms with van der Waals surface area (Å²) in [6.07, 6.45) is 2.34. The summed E-state index contributed by atoms with van der Waals surface area (Å²) < 4.78 is 1.35. The van der Waals surface area contributed by atoms with Crippen molar-refractivity contribution in [3.63, 3.8) is 0 Å². The van der Waals surface area contributed by atoms with Crippen molar-refractivity contribution >= 4 is 78.0 Å². The third kappa shape index (κ3) is 7.51. The average Bonchev–Trinajstić information content (AvgIpc) is 3.62. The van der Waals surface area contributed by atoms with E-state index in [9.17, 15) is 0 Å². The van der Waals surface area contributed by atoms with Crippen LogP contribution in [0.15, 0.2) is 109 Å². The molecule has 0 fully saturated rings. The van der Waals surface area contributed by atoms with Crippen LogP contribution in [0.5, 0.6) is 0 Å². The lowest BCUT2D eigenvalue weighted by Gasteiger charge is -2.47. The van der Waals surface area contributed by atoms with Crippen molar-refractivity contribution in [2.24, 2.45) is 0 Å². The Kier molecular flexibility index (Phi) is 10.2. The second kappa shape index (κ2) is 15.0. The molecule has 2 aliphatic heterocycles. The molecule has 7 aromatic rings. The van der Waals surface area contributed by atoms with Crippen LogP contribution in [0.25, 0.3) is 21.2 Å². The molecule has 344 valence electrons. The minimum Gasteiger partial charge on any atom is -0.311 e. The molecule has 0 atom stereocenters. The summed E-state index contributed by atoms with van der Waals surface area (Å²) in [6.45, 7) is 40.3. The molecule has 0 unspecified atom stereocenters. The number of anilines is 6. The largest absolute Gasteiger partial charge is 0.311 e. The first-order valence-corrected chi connectivity index (χ1v) is 25.8. The normalized spacial score (nSPS) is 16.5. The van der Waals surface area contributed by atoms with E-state index in [1.54, 1.807) is 0 Å². The van der Waals surface area contributed by atoms with Crippen molar-refractivity contribution < 1.29 is 0 Å². The van der Waals surface area contributed by atoms with E-state index < -0.39 is 0 Å². The van der Waals surface area contributed by atoms with E-state index in [2.05, 4.69) is 237 Å². The van der Waals surface area contributed by atoms with E-state index in [-0.39, 0.29) is 39.2 Å². The minimum atomic E-state index is -0.0218. The van der Waals surface area contributed by atoms with Gasteiger partial charge in [0.25, 0.3) is 6.71 Å². The van der Waals surface area contributed by atoms with Gasteiger partial charge in [-0.1, -0.05) is 171 Å². The molecule has 0 radical (unpaired) electrons. The van der Waals surface area contributed by atoms with Crippen LogP contribution in [0.4, 0.5) is 33.4 Å². The Bertz CT molecular complexity index is 3110. The van der Waals surface area contributed by atoms with E-state index in [0.29, 0.717) is 0 Å². The van der Waals surface area contributed by atoms with Crippen molar-refractivity contribution in [2.75, 3.05) is 9.80 Å². The van der Waals surface area contributed by atoms with Crippen molar-refractivity contribution in [3.8, 4) is 11.1 Å². The maximum Gasteiger partial charge on any atom is 0.254 e. The molecule has 0 N–H and O–H groups in total. The monoisotopic (exact) mass is 901 g/mol. The Morgan fingerprint density at radius 2 is 0.970 bits per heavy atom. The highest BCUT2D eigenvalue weighted by Gasteiger charge is 2.48. The molecule has 10 rings (SSSR count). The first-order valence-electron chi connectivity index (χ1n) is 25.0. The van der Waals surface area contributed by atoms with Gasteiger partial charge < -0.3 is 9.80 Å². The van der Waals surface area contributed by atoms with Crippen molar-refractivity contribution in [2.45, 2.75) is 163 Å². The number of rotatable bonds is 3. The Balaban J connectivity index is 1.35. The second-order valence-corrected chi connectivity index (χ2v) is 27.0. The van der Waals surface area contributed by atoms with Crippen molar-refractivity contribution in [1.82, 2.24) is 0 Å². The molecule has 4 heteroatoms. The molecular formula is C63H73BN2S. The molecule has 0 spiro atoms. The summed E-state index contributed by atoms with van der Waals surface area (Å²) in [5.74, 6) is 0.